The molecule has 0 aliphatic heterocycles. The van der Waals surface area contributed by atoms with E-state index in [4.69, 9.17) is 10.2 Å². The van der Waals surface area contributed by atoms with Crippen LogP contribution in [0.5, 0.6) is 0 Å². The van der Waals surface area contributed by atoms with E-state index in [2.05, 4.69) is 28.6 Å². The van der Waals surface area contributed by atoms with E-state index in [1.807, 2.05) is 22.9 Å². The maximum Gasteiger partial charge on any atom is 0.113 e. The maximum absolute atomic E-state index is 8.81. The molecule has 5 heteroatoms. The summed E-state index contributed by atoms with van der Waals surface area (Å²) in [5, 5.41) is 8.81. The van der Waals surface area contributed by atoms with Crippen molar-refractivity contribution >= 4 is 11.0 Å². The van der Waals surface area contributed by atoms with Gasteiger partial charge in [-0.1, -0.05) is 13.0 Å². The Balaban J connectivity index is 2.21. The fraction of sp³-hybridized carbons (Fsp3) is 0.267. The molecule has 3 aromatic rings. The van der Waals surface area contributed by atoms with Crippen molar-refractivity contribution in [3.63, 3.8) is 0 Å². The predicted octanol–water partition coefficient (Wildman–Crippen LogP) is 2.70. The van der Waals surface area contributed by atoms with Crippen molar-refractivity contribution in [2.75, 3.05) is 0 Å². The van der Waals surface area contributed by atoms with E-state index >= 15 is 0 Å². The van der Waals surface area contributed by atoms with Gasteiger partial charge in [-0.25, -0.2) is 9.97 Å². The van der Waals surface area contributed by atoms with Gasteiger partial charge in [0.05, 0.1) is 30.0 Å². The van der Waals surface area contributed by atoms with Crippen molar-refractivity contribution in [2.24, 2.45) is 0 Å². The van der Waals surface area contributed by atoms with Crippen LogP contribution in [0.1, 0.15) is 19.2 Å². The van der Waals surface area contributed by atoms with E-state index < -0.39 is 0 Å². The lowest BCUT2D eigenvalue weighted by Gasteiger charge is -2.06. The average molecular weight is 265 g/mol. The number of benzene rings is 1. The third-order valence-corrected chi connectivity index (χ3v) is 3.38. The predicted molar refractivity (Wildman–Crippen MR) is 76.5 cm³/mol. The van der Waals surface area contributed by atoms with Gasteiger partial charge in [-0.15, -0.1) is 0 Å². The molecule has 1 aromatic carbocycles. The van der Waals surface area contributed by atoms with Crippen LogP contribution in [0.3, 0.4) is 0 Å². The molecule has 0 aliphatic rings. The highest BCUT2D eigenvalue weighted by Gasteiger charge is 2.12. The van der Waals surface area contributed by atoms with Gasteiger partial charge in [-0.2, -0.15) is 5.26 Å². The lowest BCUT2D eigenvalue weighted by molar-refractivity contribution is 0.689. The summed E-state index contributed by atoms with van der Waals surface area (Å²) in [6.45, 7) is 2.77. The molecule has 2 aromatic heterocycles. The van der Waals surface area contributed by atoms with Crippen molar-refractivity contribution in [3.8, 4) is 11.8 Å². The van der Waals surface area contributed by atoms with Crippen LogP contribution >= 0.6 is 0 Å². The first kappa shape index (κ1) is 12.4. The summed E-state index contributed by atoms with van der Waals surface area (Å²) in [6.07, 6.45) is 6.78. The molecule has 0 saturated carbocycles. The van der Waals surface area contributed by atoms with Gasteiger partial charge in [0.1, 0.15) is 11.3 Å². The summed E-state index contributed by atoms with van der Waals surface area (Å²) in [7, 11) is 0. The van der Waals surface area contributed by atoms with Gasteiger partial charge in [-0.05, 0) is 12.1 Å². The Morgan fingerprint density at radius 1 is 1.35 bits per heavy atom. The average Bonchev–Trinajstić information content (AvgIpc) is 3.12. The molecular weight excluding hydrogens is 250 g/mol. The number of hydrogen-bond donors (Lipinski definition) is 0. The van der Waals surface area contributed by atoms with E-state index in [-0.39, 0.29) is 0 Å². The summed E-state index contributed by atoms with van der Waals surface area (Å²) >= 11 is 0. The number of aromatic nitrogens is 4. The second kappa shape index (κ2) is 5.17. The molecule has 3 rings (SSSR count). The zero-order chi connectivity index (χ0) is 13.9. The number of fused-ring (bicyclic) bond motifs is 1. The number of imidazole rings is 2. The number of para-hydroxylation sites is 1. The highest BCUT2D eigenvalue weighted by Crippen LogP contribution is 2.23. The fourth-order valence-corrected chi connectivity index (χ4v) is 2.47. The van der Waals surface area contributed by atoms with Crippen LogP contribution in [-0.4, -0.2) is 19.1 Å². The van der Waals surface area contributed by atoms with Gasteiger partial charge in [0.25, 0.3) is 0 Å². The third kappa shape index (κ3) is 1.95. The van der Waals surface area contributed by atoms with Crippen LogP contribution in [-0.2, 0) is 13.0 Å². The minimum Gasteiger partial charge on any atom is -0.327 e. The lowest BCUT2D eigenvalue weighted by atomic mass is 10.2. The second-order valence-corrected chi connectivity index (χ2v) is 4.56. The van der Waals surface area contributed by atoms with Crippen LogP contribution < -0.4 is 0 Å². The maximum atomic E-state index is 8.81. The molecule has 0 fully saturated rings. The smallest absolute Gasteiger partial charge is 0.113 e. The summed E-state index contributed by atoms with van der Waals surface area (Å²) < 4.78 is 4.10. The number of nitrogens with zero attached hydrogens (tertiary/aromatic N) is 5. The topological polar surface area (TPSA) is 59.4 Å². The molecule has 0 spiro atoms. The molecule has 0 bridgehead atoms. The second-order valence-electron chi connectivity index (χ2n) is 4.56. The first-order chi connectivity index (χ1) is 9.85. The van der Waals surface area contributed by atoms with Crippen molar-refractivity contribution in [3.05, 3.63) is 42.7 Å². The quantitative estimate of drug-likeness (QED) is 0.728. The van der Waals surface area contributed by atoms with Gasteiger partial charge in [-0.3, -0.25) is 0 Å². The summed E-state index contributed by atoms with van der Waals surface area (Å²) in [6, 6.07) is 8.30. The van der Waals surface area contributed by atoms with Gasteiger partial charge < -0.3 is 9.13 Å². The number of nitriles is 1. The molecule has 0 unspecified atom stereocenters. The van der Waals surface area contributed by atoms with E-state index in [0.29, 0.717) is 13.0 Å². The summed E-state index contributed by atoms with van der Waals surface area (Å²) in [4.78, 5) is 8.83. The Bertz CT molecular complexity index is 762. The van der Waals surface area contributed by atoms with E-state index in [1.54, 1.807) is 12.5 Å². The largest absolute Gasteiger partial charge is 0.327 e. The molecule has 0 radical (unpaired) electrons. The van der Waals surface area contributed by atoms with Gasteiger partial charge >= 0.3 is 0 Å². The molecule has 2 heterocycles. The first-order valence-corrected chi connectivity index (χ1v) is 6.68. The Kier molecular flexibility index (Phi) is 3.21. The lowest BCUT2D eigenvalue weighted by Crippen LogP contribution is -2.02. The number of aryl methyl sites for hydroxylation is 2. The van der Waals surface area contributed by atoms with Crippen molar-refractivity contribution in [2.45, 2.75) is 26.3 Å². The Morgan fingerprint density at radius 2 is 2.25 bits per heavy atom. The van der Waals surface area contributed by atoms with Gasteiger partial charge in [0, 0.05) is 25.4 Å². The van der Waals surface area contributed by atoms with Crippen molar-refractivity contribution < 1.29 is 0 Å². The normalized spacial score (nSPS) is 10.8. The highest BCUT2D eigenvalue weighted by atomic mass is 15.1. The Labute approximate surface area is 117 Å². The van der Waals surface area contributed by atoms with Crippen molar-refractivity contribution in [1.29, 1.82) is 5.26 Å². The summed E-state index contributed by atoms with van der Waals surface area (Å²) in [5.41, 5.74) is 3.05. The van der Waals surface area contributed by atoms with Crippen LogP contribution in [0.4, 0.5) is 0 Å². The van der Waals surface area contributed by atoms with Gasteiger partial charge in [0.15, 0.2) is 0 Å². The SMILES string of the molecule is CCc1nc2c(-n3ccnc3)cccc2n1CCC#N. The molecule has 0 atom stereocenters. The first-order valence-electron chi connectivity index (χ1n) is 6.68. The minimum atomic E-state index is 0.494. The van der Waals surface area contributed by atoms with E-state index in [0.717, 1.165) is 29.0 Å². The van der Waals surface area contributed by atoms with Crippen molar-refractivity contribution in [1.82, 2.24) is 19.1 Å². The van der Waals surface area contributed by atoms with Crippen LogP contribution in [0.2, 0.25) is 0 Å². The summed E-state index contributed by atoms with van der Waals surface area (Å²) in [5.74, 6) is 1.02. The van der Waals surface area contributed by atoms with E-state index in [9.17, 15) is 0 Å². The molecule has 0 N–H and O–H groups in total. The molecule has 20 heavy (non-hydrogen) atoms. The zero-order valence-electron chi connectivity index (χ0n) is 11.3. The van der Waals surface area contributed by atoms with Crippen LogP contribution in [0, 0.1) is 11.3 Å². The molecule has 0 aliphatic carbocycles. The number of hydrogen-bond acceptors (Lipinski definition) is 3. The standard InChI is InChI=1S/C15H15N5/c1-2-14-18-15-12(19-10-8-17-11-19)5-3-6-13(15)20(14)9-4-7-16/h3,5-6,8,10-11H,2,4,9H2,1H3. The minimum absolute atomic E-state index is 0.494. The number of rotatable bonds is 4. The Morgan fingerprint density at radius 3 is 2.95 bits per heavy atom. The molecule has 100 valence electrons. The fourth-order valence-electron chi connectivity index (χ4n) is 2.47. The van der Waals surface area contributed by atoms with Crippen LogP contribution in [0.15, 0.2) is 36.9 Å². The molecule has 5 nitrogen and oxygen atoms in total. The molecule has 0 saturated heterocycles. The highest BCUT2D eigenvalue weighted by molar-refractivity contribution is 5.84. The van der Waals surface area contributed by atoms with Gasteiger partial charge in [0.2, 0.25) is 0 Å². The monoisotopic (exact) mass is 265 g/mol. The van der Waals surface area contributed by atoms with E-state index in [1.165, 1.54) is 0 Å². The third-order valence-electron chi connectivity index (χ3n) is 3.38. The molecule has 0 amide bonds. The Hall–Kier alpha value is -2.61. The molecular formula is C15H15N5. The zero-order valence-corrected chi connectivity index (χ0v) is 11.3. The van der Waals surface area contributed by atoms with Crippen LogP contribution in [0.25, 0.3) is 16.7 Å².